The van der Waals surface area contributed by atoms with E-state index in [1.807, 2.05) is 24.0 Å². The zero-order chi connectivity index (χ0) is 21.6. The summed E-state index contributed by atoms with van der Waals surface area (Å²) in [5.74, 6) is 1.17. The number of nitrogens with one attached hydrogen (secondary N) is 1. The van der Waals surface area contributed by atoms with Crippen molar-refractivity contribution in [1.29, 1.82) is 0 Å². The van der Waals surface area contributed by atoms with Crippen molar-refractivity contribution in [2.45, 2.75) is 19.5 Å². The van der Waals surface area contributed by atoms with Gasteiger partial charge in [-0.05, 0) is 30.0 Å². The van der Waals surface area contributed by atoms with Crippen LogP contribution in [-0.4, -0.2) is 71.2 Å². The van der Waals surface area contributed by atoms with Crippen LogP contribution < -0.4 is 5.32 Å². The first-order valence-electron chi connectivity index (χ1n) is 11.1. The Hall–Kier alpha value is -2.29. The first-order valence-corrected chi connectivity index (χ1v) is 11.1. The Morgan fingerprint density at radius 1 is 1.19 bits per heavy atom. The van der Waals surface area contributed by atoms with Crippen LogP contribution in [0.25, 0.3) is 0 Å². The quantitative estimate of drug-likeness (QED) is 0.725. The highest BCUT2D eigenvalue weighted by molar-refractivity contribution is 5.79. The first kappa shape index (κ1) is 21.9. The van der Waals surface area contributed by atoms with Crippen LogP contribution in [-0.2, 0) is 29.7 Å². The Morgan fingerprint density at radius 2 is 1.97 bits per heavy atom. The van der Waals surface area contributed by atoms with Crippen molar-refractivity contribution < 1.29 is 13.9 Å². The van der Waals surface area contributed by atoms with Crippen molar-refractivity contribution in [3.63, 3.8) is 0 Å². The van der Waals surface area contributed by atoms with E-state index in [4.69, 9.17) is 4.74 Å². The SMILES string of the molecule is Cn1ccnc1CN1C[C@@H](CN2CCOCC2)C[C@@H](C(=O)NCc2ccc(F)cc2)C1. The molecule has 8 heteroatoms. The number of morpholine rings is 1. The summed E-state index contributed by atoms with van der Waals surface area (Å²) in [5.41, 5.74) is 0.903. The number of likely N-dealkylation sites (tertiary alicyclic amines) is 1. The Balaban J connectivity index is 1.39. The Kier molecular flexibility index (Phi) is 7.32. The maximum Gasteiger partial charge on any atom is 0.224 e. The fourth-order valence-corrected chi connectivity index (χ4v) is 4.59. The average molecular weight is 430 g/mol. The molecular weight excluding hydrogens is 397 g/mol. The van der Waals surface area contributed by atoms with Crippen molar-refractivity contribution in [3.05, 3.63) is 53.9 Å². The first-order chi connectivity index (χ1) is 15.1. The van der Waals surface area contributed by atoms with E-state index in [9.17, 15) is 9.18 Å². The Bertz CT molecular complexity index is 850. The number of carbonyl (C=O) groups is 1. The molecule has 2 aliphatic heterocycles. The van der Waals surface area contributed by atoms with Gasteiger partial charge in [0.15, 0.2) is 0 Å². The number of benzene rings is 1. The van der Waals surface area contributed by atoms with Gasteiger partial charge in [-0.15, -0.1) is 0 Å². The van der Waals surface area contributed by atoms with Crippen LogP contribution in [0.4, 0.5) is 4.39 Å². The van der Waals surface area contributed by atoms with Crippen LogP contribution in [0.2, 0.25) is 0 Å². The van der Waals surface area contributed by atoms with Gasteiger partial charge in [-0.1, -0.05) is 12.1 Å². The Labute approximate surface area is 183 Å². The number of nitrogens with zero attached hydrogens (tertiary/aromatic N) is 4. The number of imidazole rings is 1. The number of carbonyl (C=O) groups excluding carboxylic acids is 1. The van der Waals surface area contributed by atoms with Crippen LogP contribution in [0, 0.1) is 17.7 Å². The number of hydrogen-bond donors (Lipinski definition) is 1. The highest BCUT2D eigenvalue weighted by atomic mass is 19.1. The molecule has 7 nitrogen and oxygen atoms in total. The fraction of sp³-hybridized carbons (Fsp3) is 0.565. The summed E-state index contributed by atoms with van der Waals surface area (Å²) >= 11 is 0. The molecule has 4 rings (SSSR count). The van der Waals surface area contributed by atoms with E-state index in [1.54, 1.807) is 12.1 Å². The molecule has 1 amide bonds. The zero-order valence-corrected chi connectivity index (χ0v) is 18.2. The lowest BCUT2D eigenvalue weighted by Crippen LogP contribution is -2.50. The number of hydrogen-bond acceptors (Lipinski definition) is 5. The minimum absolute atomic E-state index is 0.0690. The van der Waals surface area contributed by atoms with Crippen LogP contribution in [0.1, 0.15) is 17.8 Å². The number of rotatable bonds is 7. The lowest BCUT2D eigenvalue weighted by atomic mass is 9.87. The standard InChI is InChI=1S/C23H32FN5O2/c1-27-7-6-25-22(27)17-29-15-19(14-28-8-10-31-11-9-28)12-20(16-29)23(30)26-13-18-2-4-21(24)5-3-18/h2-7,19-20H,8-17H2,1H3,(H,26,30)/t19-,20-/m1/s1. The van der Waals surface area contributed by atoms with Gasteiger partial charge in [0.05, 0.1) is 25.7 Å². The molecule has 2 saturated heterocycles. The van der Waals surface area contributed by atoms with E-state index in [0.717, 1.165) is 70.3 Å². The van der Waals surface area contributed by atoms with Gasteiger partial charge in [0.2, 0.25) is 5.91 Å². The smallest absolute Gasteiger partial charge is 0.224 e. The largest absolute Gasteiger partial charge is 0.379 e. The molecule has 3 heterocycles. The number of aromatic nitrogens is 2. The highest BCUT2D eigenvalue weighted by Gasteiger charge is 2.33. The van der Waals surface area contributed by atoms with Gasteiger partial charge in [-0.25, -0.2) is 9.37 Å². The van der Waals surface area contributed by atoms with E-state index in [-0.39, 0.29) is 17.6 Å². The Morgan fingerprint density at radius 3 is 2.68 bits per heavy atom. The number of piperidine rings is 1. The molecular formula is C23H32FN5O2. The molecule has 1 aromatic heterocycles. The lowest BCUT2D eigenvalue weighted by Gasteiger charge is -2.39. The summed E-state index contributed by atoms with van der Waals surface area (Å²) in [6, 6.07) is 6.28. The normalized spacial score (nSPS) is 23.0. The van der Waals surface area contributed by atoms with Crippen LogP contribution in [0.3, 0.4) is 0 Å². The molecule has 0 radical (unpaired) electrons. The molecule has 2 atom stereocenters. The predicted molar refractivity (Wildman–Crippen MR) is 116 cm³/mol. The summed E-state index contributed by atoms with van der Waals surface area (Å²) < 4.78 is 20.6. The van der Waals surface area contributed by atoms with Crippen molar-refractivity contribution >= 4 is 5.91 Å². The van der Waals surface area contributed by atoms with E-state index in [0.29, 0.717) is 12.5 Å². The third kappa shape index (κ3) is 6.12. The average Bonchev–Trinajstić information content (AvgIpc) is 3.18. The second-order valence-corrected chi connectivity index (χ2v) is 8.70. The molecule has 1 N–H and O–H groups in total. The van der Waals surface area contributed by atoms with Gasteiger partial charge in [-0.2, -0.15) is 0 Å². The van der Waals surface area contributed by atoms with Crippen LogP contribution in [0.15, 0.2) is 36.7 Å². The molecule has 0 bridgehead atoms. The molecule has 1 aromatic carbocycles. The summed E-state index contributed by atoms with van der Waals surface area (Å²) in [7, 11) is 2.00. The van der Waals surface area contributed by atoms with Gasteiger partial charge in [0.1, 0.15) is 11.6 Å². The second kappa shape index (κ2) is 10.3. The molecule has 0 spiro atoms. The maximum atomic E-state index is 13.1. The van der Waals surface area contributed by atoms with Crippen molar-refractivity contribution in [1.82, 2.24) is 24.7 Å². The van der Waals surface area contributed by atoms with Gasteiger partial charge in [0, 0.05) is 58.7 Å². The highest BCUT2D eigenvalue weighted by Crippen LogP contribution is 2.25. The number of halogens is 1. The van der Waals surface area contributed by atoms with Crippen LogP contribution >= 0.6 is 0 Å². The monoisotopic (exact) mass is 429 g/mol. The number of aryl methyl sites for hydroxylation is 1. The molecule has 0 unspecified atom stereocenters. The molecule has 2 fully saturated rings. The lowest BCUT2D eigenvalue weighted by molar-refractivity contribution is -0.128. The van der Waals surface area contributed by atoms with E-state index in [2.05, 4.69) is 20.1 Å². The summed E-state index contributed by atoms with van der Waals surface area (Å²) in [5, 5.41) is 3.06. The molecule has 0 saturated carbocycles. The molecule has 168 valence electrons. The van der Waals surface area contributed by atoms with Gasteiger partial charge < -0.3 is 14.6 Å². The number of ether oxygens (including phenoxy) is 1. The zero-order valence-electron chi connectivity index (χ0n) is 18.2. The minimum atomic E-state index is -0.266. The van der Waals surface area contributed by atoms with E-state index < -0.39 is 0 Å². The molecule has 2 aliphatic rings. The molecule has 31 heavy (non-hydrogen) atoms. The van der Waals surface area contributed by atoms with Gasteiger partial charge in [-0.3, -0.25) is 14.6 Å². The summed E-state index contributed by atoms with van der Waals surface area (Å²) in [4.78, 5) is 22.3. The van der Waals surface area contributed by atoms with Gasteiger partial charge >= 0.3 is 0 Å². The van der Waals surface area contributed by atoms with Crippen LogP contribution in [0.5, 0.6) is 0 Å². The summed E-state index contributed by atoms with van der Waals surface area (Å²) in [6.07, 6.45) is 4.65. The van der Waals surface area contributed by atoms with Crippen molar-refractivity contribution in [3.8, 4) is 0 Å². The topological polar surface area (TPSA) is 62.6 Å². The van der Waals surface area contributed by atoms with Crippen molar-refractivity contribution in [2.24, 2.45) is 18.9 Å². The third-order valence-corrected chi connectivity index (χ3v) is 6.27. The number of amides is 1. The molecule has 2 aromatic rings. The second-order valence-electron chi connectivity index (χ2n) is 8.70. The van der Waals surface area contributed by atoms with E-state index >= 15 is 0 Å². The third-order valence-electron chi connectivity index (χ3n) is 6.27. The van der Waals surface area contributed by atoms with E-state index in [1.165, 1.54) is 12.1 Å². The van der Waals surface area contributed by atoms with Crippen molar-refractivity contribution in [2.75, 3.05) is 45.9 Å². The fourth-order valence-electron chi connectivity index (χ4n) is 4.59. The predicted octanol–water partition coefficient (Wildman–Crippen LogP) is 1.65. The minimum Gasteiger partial charge on any atom is -0.379 e. The van der Waals surface area contributed by atoms with Gasteiger partial charge in [0.25, 0.3) is 0 Å². The summed E-state index contributed by atoms with van der Waals surface area (Å²) in [6.45, 7) is 7.31. The molecule has 0 aliphatic carbocycles. The maximum absolute atomic E-state index is 13.1.